The van der Waals surface area contributed by atoms with Crippen LogP contribution < -0.4 is 14.5 Å². The summed E-state index contributed by atoms with van der Waals surface area (Å²) >= 11 is 21.1. The summed E-state index contributed by atoms with van der Waals surface area (Å²) in [4.78, 5) is 54.3. The number of methoxy groups -OCH3 is 1. The van der Waals surface area contributed by atoms with Crippen LogP contribution in [0.5, 0.6) is 11.5 Å². The third-order valence-corrected chi connectivity index (χ3v) is 11.2. The van der Waals surface area contributed by atoms with Gasteiger partial charge in [0, 0.05) is 5.92 Å². The van der Waals surface area contributed by atoms with Crippen LogP contribution in [0.2, 0.25) is 5.02 Å². The van der Waals surface area contributed by atoms with Crippen molar-refractivity contribution in [2.45, 2.75) is 28.5 Å². The summed E-state index contributed by atoms with van der Waals surface area (Å²) in [6.45, 7) is 0. The third-order valence-electron chi connectivity index (χ3n) is 9.51. The molecule has 4 amide bonds. The van der Waals surface area contributed by atoms with E-state index in [1.165, 1.54) is 31.4 Å². The molecule has 45 heavy (non-hydrogen) atoms. The van der Waals surface area contributed by atoms with Crippen LogP contribution in [0, 0.1) is 23.6 Å². The number of halogens is 4. The summed E-state index contributed by atoms with van der Waals surface area (Å²) < 4.78 is 19.2. The summed E-state index contributed by atoms with van der Waals surface area (Å²) in [6, 6.07) is 16.2. The van der Waals surface area contributed by atoms with Gasteiger partial charge in [0.1, 0.15) is 5.82 Å². The molecule has 0 unspecified atom stereocenters. The molecule has 7 rings (SSSR count). The van der Waals surface area contributed by atoms with Crippen molar-refractivity contribution in [2.75, 3.05) is 16.9 Å². The number of fused-ring (bicyclic) bond motifs is 4. The van der Waals surface area contributed by atoms with Gasteiger partial charge in [0.2, 0.25) is 11.8 Å². The first-order valence-corrected chi connectivity index (χ1v) is 15.3. The highest BCUT2D eigenvalue weighted by Crippen LogP contribution is 2.66. The van der Waals surface area contributed by atoms with Crippen molar-refractivity contribution in [3.05, 3.63) is 94.8 Å². The number of ether oxygens (including phenoxy) is 1. The first-order chi connectivity index (χ1) is 21.4. The number of imide groups is 2. The molecule has 2 aliphatic carbocycles. The van der Waals surface area contributed by atoms with E-state index in [1.54, 1.807) is 36.4 Å². The number of amides is 4. The number of aromatic hydroxyl groups is 1. The maximum atomic E-state index is 14.4. The highest BCUT2D eigenvalue weighted by atomic mass is 35.5. The van der Waals surface area contributed by atoms with Gasteiger partial charge in [0.15, 0.2) is 21.2 Å². The monoisotopic (exact) mass is 668 g/mol. The van der Waals surface area contributed by atoms with Gasteiger partial charge < -0.3 is 9.84 Å². The second-order valence-corrected chi connectivity index (χ2v) is 13.3. The Labute approximate surface area is 271 Å². The van der Waals surface area contributed by atoms with E-state index in [4.69, 9.17) is 39.5 Å². The molecular formula is C33H24Cl3FN2O6. The van der Waals surface area contributed by atoms with Gasteiger partial charge in [-0.25, -0.2) is 9.29 Å². The molecule has 1 saturated carbocycles. The molecule has 4 aliphatic rings. The number of hydrogen-bond donors (Lipinski definition) is 1. The maximum Gasteiger partial charge on any atom is 0.258 e. The third kappa shape index (κ3) is 3.96. The number of phenolic OH excluding ortho intramolecular Hbond substituents is 1. The van der Waals surface area contributed by atoms with E-state index in [1.807, 2.05) is 0 Å². The van der Waals surface area contributed by atoms with Gasteiger partial charge in [0.25, 0.3) is 11.8 Å². The summed E-state index contributed by atoms with van der Waals surface area (Å²) in [7, 11) is 1.33. The predicted octanol–water partition coefficient (Wildman–Crippen LogP) is 5.96. The summed E-state index contributed by atoms with van der Waals surface area (Å²) in [6.07, 6.45) is 1.74. The zero-order valence-corrected chi connectivity index (χ0v) is 25.8. The van der Waals surface area contributed by atoms with E-state index >= 15 is 0 Å². The molecule has 230 valence electrons. The molecule has 3 aromatic rings. The molecule has 8 nitrogen and oxygen atoms in total. The number of para-hydroxylation sites is 1. The fraction of sp³-hybridized carbons (Fsp3) is 0.273. The van der Waals surface area contributed by atoms with Crippen molar-refractivity contribution >= 4 is 69.8 Å². The van der Waals surface area contributed by atoms with Gasteiger partial charge in [-0.15, -0.1) is 23.2 Å². The Bertz CT molecular complexity index is 1840. The van der Waals surface area contributed by atoms with Crippen molar-refractivity contribution < 1.29 is 33.4 Å². The molecule has 0 spiro atoms. The number of alkyl halides is 2. The van der Waals surface area contributed by atoms with Crippen LogP contribution in [0.1, 0.15) is 24.3 Å². The smallest absolute Gasteiger partial charge is 0.258 e. The lowest BCUT2D eigenvalue weighted by atomic mass is 9.56. The van der Waals surface area contributed by atoms with E-state index in [2.05, 4.69) is 0 Å². The quantitative estimate of drug-likeness (QED) is 0.209. The van der Waals surface area contributed by atoms with Gasteiger partial charge >= 0.3 is 0 Å². The van der Waals surface area contributed by atoms with Crippen molar-refractivity contribution in [1.29, 1.82) is 0 Å². The van der Waals surface area contributed by atoms with Crippen LogP contribution in [-0.2, 0) is 19.2 Å². The highest BCUT2D eigenvalue weighted by Gasteiger charge is 2.76. The molecule has 0 aromatic heterocycles. The Kier molecular flexibility index (Phi) is 6.82. The molecule has 2 aliphatic heterocycles. The molecule has 0 radical (unpaired) electrons. The first-order valence-electron chi connectivity index (χ1n) is 14.2. The number of phenols is 1. The Balaban J connectivity index is 1.43. The molecule has 3 fully saturated rings. The second kappa shape index (κ2) is 10.3. The standard InChI is InChI=1S/C33H24Cl3FN2O6/c1-45-24-14-16(13-23(34)27(24)40)26-20-11-12-21-25(29(42)38(28(21)41)18-5-3-2-4-6-18)22(20)15-32(35)30(43)39(31(44)33(26,32)36)19-9-7-17(37)8-10-19/h2-11,13-14,21-22,25-26,40H,12,15H2,1H3/t21-,22+,25-,26-,32+,33-/m0/s1. The Hall–Kier alpha value is -3.92. The molecular weight excluding hydrogens is 646 g/mol. The Morgan fingerprint density at radius 2 is 1.56 bits per heavy atom. The maximum absolute atomic E-state index is 14.4. The van der Waals surface area contributed by atoms with Crippen molar-refractivity contribution in [3.63, 3.8) is 0 Å². The van der Waals surface area contributed by atoms with Crippen LogP contribution in [0.3, 0.4) is 0 Å². The van der Waals surface area contributed by atoms with E-state index in [-0.39, 0.29) is 41.0 Å². The van der Waals surface area contributed by atoms with E-state index in [0.29, 0.717) is 16.8 Å². The average Bonchev–Trinajstić information content (AvgIpc) is 3.37. The van der Waals surface area contributed by atoms with E-state index in [0.717, 1.165) is 21.9 Å². The summed E-state index contributed by atoms with van der Waals surface area (Å²) in [5.74, 6) is -6.95. The van der Waals surface area contributed by atoms with Crippen LogP contribution in [-0.4, -0.2) is 45.6 Å². The largest absolute Gasteiger partial charge is 0.503 e. The zero-order valence-electron chi connectivity index (χ0n) is 23.5. The predicted molar refractivity (Wildman–Crippen MR) is 165 cm³/mol. The number of carbonyl (C=O) groups is 4. The molecule has 6 atom stereocenters. The molecule has 3 aromatic carbocycles. The number of nitrogens with zero attached hydrogens (tertiary/aromatic N) is 2. The van der Waals surface area contributed by atoms with Crippen molar-refractivity contribution in [2.24, 2.45) is 17.8 Å². The van der Waals surface area contributed by atoms with Crippen molar-refractivity contribution in [1.82, 2.24) is 0 Å². The first kappa shape index (κ1) is 29.8. The number of hydrogen-bond acceptors (Lipinski definition) is 6. The van der Waals surface area contributed by atoms with Gasteiger partial charge in [-0.3, -0.25) is 24.1 Å². The SMILES string of the molecule is COc1cc([C@H]2C3=CC[C@@H]4C(=O)N(c5ccccc5)C(=O)[C@@H]4[C@@H]3C[C@@]3(Cl)C(=O)N(c4ccc(F)cc4)C(=O)[C@@]23Cl)cc(Cl)c1O. The van der Waals surface area contributed by atoms with Gasteiger partial charge in [0.05, 0.1) is 35.3 Å². The van der Waals surface area contributed by atoms with Gasteiger partial charge in [-0.05, 0) is 72.9 Å². The number of anilines is 2. The Morgan fingerprint density at radius 3 is 2.22 bits per heavy atom. The molecule has 1 N–H and O–H groups in total. The lowest BCUT2D eigenvalue weighted by molar-refractivity contribution is -0.125. The molecule has 2 saturated heterocycles. The fourth-order valence-electron chi connectivity index (χ4n) is 7.52. The normalized spacial score (nSPS) is 30.6. The van der Waals surface area contributed by atoms with Gasteiger partial charge in [-0.2, -0.15) is 0 Å². The van der Waals surface area contributed by atoms with Gasteiger partial charge in [-0.1, -0.05) is 41.4 Å². The number of carbonyl (C=O) groups excluding carboxylic acids is 4. The lowest BCUT2D eigenvalue weighted by Gasteiger charge is -2.50. The number of rotatable bonds is 4. The fourth-order valence-corrected chi connectivity index (χ4v) is 8.67. The second-order valence-electron chi connectivity index (χ2n) is 11.7. The van der Waals surface area contributed by atoms with Crippen LogP contribution >= 0.6 is 34.8 Å². The average molecular weight is 670 g/mol. The molecule has 0 bridgehead atoms. The zero-order chi connectivity index (χ0) is 32.0. The topological polar surface area (TPSA) is 104 Å². The minimum Gasteiger partial charge on any atom is -0.503 e. The molecule has 12 heteroatoms. The number of benzene rings is 3. The number of allylic oxidation sites excluding steroid dienone is 2. The minimum atomic E-state index is -2.15. The van der Waals surface area contributed by atoms with Crippen LogP contribution in [0.15, 0.2) is 78.4 Å². The van der Waals surface area contributed by atoms with Crippen molar-refractivity contribution in [3.8, 4) is 11.5 Å². The van der Waals surface area contributed by atoms with Crippen LogP contribution in [0.4, 0.5) is 15.8 Å². The lowest BCUT2D eigenvalue weighted by Crippen LogP contribution is -2.60. The van der Waals surface area contributed by atoms with E-state index in [9.17, 15) is 28.7 Å². The molecule has 2 heterocycles. The summed E-state index contributed by atoms with van der Waals surface area (Å²) in [5.41, 5.74) is 1.35. The Morgan fingerprint density at radius 1 is 0.889 bits per heavy atom. The highest BCUT2D eigenvalue weighted by molar-refractivity contribution is 6.58. The van der Waals surface area contributed by atoms with Crippen LogP contribution in [0.25, 0.3) is 0 Å². The summed E-state index contributed by atoms with van der Waals surface area (Å²) in [5, 5.41) is 10.4. The van der Waals surface area contributed by atoms with E-state index < -0.39 is 57.0 Å². The minimum absolute atomic E-state index is 0.0103.